The Labute approximate surface area is 210 Å². The number of halogens is 1. The third-order valence-electron chi connectivity index (χ3n) is 6.30. The van der Waals surface area contributed by atoms with E-state index in [1.807, 2.05) is 0 Å². The van der Waals surface area contributed by atoms with Crippen LogP contribution in [-0.4, -0.2) is 33.3 Å². The van der Waals surface area contributed by atoms with E-state index in [0.29, 0.717) is 23.5 Å². The molecule has 2 aromatic carbocycles. The minimum atomic E-state index is -0.850. The molecule has 1 amide bonds. The standard InChI is InChI=1S/C29H29FN2O4/c1-3-4-5-16-36-23-10-8-21(9-11-23)26-25(27(33)22-7-6-19(2)24(30)17-22)28(34)29(35)32(26)18-20-12-14-31-15-13-20/h6-15,17,26,33H,3-5,16,18H2,1-2H3. The SMILES string of the molecule is CCCCCOc1ccc(C2C(=C(O)c3ccc(C)c(F)c3)C(=O)C(=O)N2Cc2ccncc2)cc1. The zero-order valence-corrected chi connectivity index (χ0v) is 20.4. The molecule has 0 bridgehead atoms. The zero-order valence-electron chi connectivity index (χ0n) is 20.4. The number of Topliss-reactive ketones (excluding diaryl/α,β-unsaturated/α-hetero) is 1. The number of aliphatic hydroxyl groups is 1. The maximum Gasteiger partial charge on any atom is 0.295 e. The van der Waals surface area contributed by atoms with Crippen molar-refractivity contribution in [3.05, 3.63) is 101 Å². The van der Waals surface area contributed by atoms with Gasteiger partial charge < -0.3 is 14.7 Å². The summed E-state index contributed by atoms with van der Waals surface area (Å²) in [7, 11) is 0. The van der Waals surface area contributed by atoms with Crippen LogP contribution in [0.3, 0.4) is 0 Å². The van der Waals surface area contributed by atoms with Crippen LogP contribution in [0.5, 0.6) is 5.75 Å². The summed E-state index contributed by atoms with van der Waals surface area (Å²) in [4.78, 5) is 31.8. The monoisotopic (exact) mass is 488 g/mol. The largest absolute Gasteiger partial charge is 0.507 e. The number of carbonyl (C=O) groups is 2. The smallest absolute Gasteiger partial charge is 0.295 e. The predicted molar refractivity (Wildman–Crippen MR) is 135 cm³/mol. The number of unbranched alkanes of at least 4 members (excludes halogenated alkanes) is 2. The van der Waals surface area contributed by atoms with E-state index >= 15 is 0 Å². The molecule has 186 valence electrons. The van der Waals surface area contributed by atoms with Gasteiger partial charge in [0, 0.05) is 24.5 Å². The maximum atomic E-state index is 14.3. The number of aliphatic hydroxyl groups excluding tert-OH is 1. The molecule has 1 aliphatic rings. The Hall–Kier alpha value is -4.00. The molecule has 1 aliphatic heterocycles. The number of likely N-dealkylation sites (tertiary alicyclic amines) is 1. The first-order chi connectivity index (χ1) is 17.4. The Morgan fingerprint density at radius 1 is 1.06 bits per heavy atom. The second kappa shape index (κ2) is 11.2. The summed E-state index contributed by atoms with van der Waals surface area (Å²) in [5, 5.41) is 11.1. The Morgan fingerprint density at radius 2 is 1.78 bits per heavy atom. The lowest BCUT2D eigenvalue weighted by Gasteiger charge is -2.25. The Kier molecular flexibility index (Phi) is 7.78. The molecular weight excluding hydrogens is 459 g/mol. The van der Waals surface area contributed by atoms with E-state index in [1.165, 1.54) is 23.1 Å². The molecule has 0 spiro atoms. The molecule has 7 heteroatoms. The van der Waals surface area contributed by atoms with Gasteiger partial charge in [-0.2, -0.15) is 0 Å². The predicted octanol–water partition coefficient (Wildman–Crippen LogP) is 5.72. The summed E-state index contributed by atoms with van der Waals surface area (Å²) in [5.74, 6) is -1.78. The summed E-state index contributed by atoms with van der Waals surface area (Å²) in [6, 6.07) is 14.1. The van der Waals surface area contributed by atoms with Crippen molar-refractivity contribution in [2.45, 2.75) is 45.7 Å². The van der Waals surface area contributed by atoms with Crippen LogP contribution < -0.4 is 4.74 Å². The number of aromatic nitrogens is 1. The van der Waals surface area contributed by atoms with E-state index in [0.717, 1.165) is 24.8 Å². The van der Waals surface area contributed by atoms with Crippen molar-refractivity contribution in [1.82, 2.24) is 9.88 Å². The van der Waals surface area contributed by atoms with Gasteiger partial charge in [-0.1, -0.05) is 44.0 Å². The molecule has 6 nitrogen and oxygen atoms in total. The van der Waals surface area contributed by atoms with Crippen LogP contribution >= 0.6 is 0 Å². The summed E-state index contributed by atoms with van der Waals surface area (Å²) in [6.07, 6.45) is 6.36. The van der Waals surface area contributed by atoms with Gasteiger partial charge in [0.2, 0.25) is 0 Å². The molecule has 1 atom stereocenters. The molecule has 3 aromatic rings. The van der Waals surface area contributed by atoms with Gasteiger partial charge in [0.15, 0.2) is 0 Å². The molecule has 1 aromatic heterocycles. The molecule has 0 aliphatic carbocycles. The molecule has 2 heterocycles. The Balaban J connectivity index is 1.74. The van der Waals surface area contributed by atoms with Gasteiger partial charge in [-0.3, -0.25) is 14.6 Å². The summed E-state index contributed by atoms with van der Waals surface area (Å²) in [5.41, 5.74) is 1.90. The van der Waals surface area contributed by atoms with Crippen LogP contribution in [0.1, 0.15) is 54.5 Å². The highest BCUT2D eigenvalue weighted by Gasteiger charge is 2.46. The van der Waals surface area contributed by atoms with E-state index in [2.05, 4.69) is 11.9 Å². The second-order valence-electron chi connectivity index (χ2n) is 8.87. The molecular formula is C29H29FN2O4. The quantitative estimate of drug-likeness (QED) is 0.180. The highest BCUT2D eigenvalue weighted by atomic mass is 19.1. The fourth-order valence-corrected chi connectivity index (χ4v) is 4.26. The number of pyridine rings is 1. The highest BCUT2D eigenvalue weighted by Crippen LogP contribution is 2.40. The lowest BCUT2D eigenvalue weighted by atomic mass is 9.94. The summed E-state index contributed by atoms with van der Waals surface area (Å²) in [6.45, 7) is 4.49. The van der Waals surface area contributed by atoms with Crippen LogP contribution in [0.25, 0.3) is 5.76 Å². The molecule has 0 saturated carbocycles. The topological polar surface area (TPSA) is 79.7 Å². The Bertz CT molecular complexity index is 1270. The number of aryl methyl sites for hydroxylation is 1. The van der Waals surface area contributed by atoms with Crippen LogP contribution in [0.15, 0.2) is 72.6 Å². The number of nitrogens with zero attached hydrogens (tertiary/aromatic N) is 2. The van der Waals surface area contributed by atoms with Crippen LogP contribution in [-0.2, 0) is 16.1 Å². The number of amides is 1. The van der Waals surface area contributed by atoms with E-state index in [-0.39, 0.29) is 17.7 Å². The van der Waals surface area contributed by atoms with Crippen molar-refractivity contribution in [3.63, 3.8) is 0 Å². The van der Waals surface area contributed by atoms with E-state index in [9.17, 15) is 19.1 Å². The number of rotatable bonds is 9. The second-order valence-corrected chi connectivity index (χ2v) is 8.87. The van der Waals surface area contributed by atoms with Crippen LogP contribution in [0.2, 0.25) is 0 Å². The van der Waals surface area contributed by atoms with Crippen molar-refractivity contribution < 1.29 is 23.8 Å². The lowest BCUT2D eigenvalue weighted by Crippen LogP contribution is -2.29. The van der Waals surface area contributed by atoms with Gasteiger partial charge in [0.1, 0.15) is 17.3 Å². The molecule has 0 radical (unpaired) electrons. The van der Waals surface area contributed by atoms with E-state index in [1.54, 1.807) is 55.7 Å². The van der Waals surface area contributed by atoms with Gasteiger partial charge in [-0.25, -0.2) is 4.39 Å². The van der Waals surface area contributed by atoms with Crippen LogP contribution in [0.4, 0.5) is 4.39 Å². The average Bonchev–Trinajstić information content (AvgIpc) is 3.13. The van der Waals surface area contributed by atoms with Crippen LogP contribution in [0, 0.1) is 12.7 Å². The van der Waals surface area contributed by atoms with Gasteiger partial charge in [-0.15, -0.1) is 0 Å². The average molecular weight is 489 g/mol. The van der Waals surface area contributed by atoms with E-state index < -0.39 is 29.3 Å². The van der Waals surface area contributed by atoms with Crippen molar-refractivity contribution in [2.24, 2.45) is 0 Å². The molecule has 1 N–H and O–H groups in total. The first-order valence-corrected chi connectivity index (χ1v) is 12.1. The van der Waals surface area contributed by atoms with Crippen molar-refractivity contribution >= 4 is 17.4 Å². The van der Waals surface area contributed by atoms with Crippen molar-refractivity contribution in [3.8, 4) is 5.75 Å². The number of hydrogen-bond acceptors (Lipinski definition) is 5. The maximum absolute atomic E-state index is 14.3. The van der Waals surface area contributed by atoms with Gasteiger partial charge in [0.05, 0.1) is 18.2 Å². The first-order valence-electron chi connectivity index (χ1n) is 12.1. The number of hydrogen-bond donors (Lipinski definition) is 1. The molecule has 1 fully saturated rings. The van der Waals surface area contributed by atoms with Gasteiger partial charge in [-0.05, 0) is 60.4 Å². The van der Waals surface area contributed by atoms with Crippen molar-refractivity contribution in [2.75, 3.05) is 6.61 Å². The summed E-state index contributed by atoms with van der Waals surface area (Å²) < 4.78 is 20.1. The van der Waals surface area contributed by atoms with Gasteiger partial charge in [0.25, 0.3) is 11.7 Å². The minimum absolute atomic E-state index is 0.0751. The first kappa shape index (κ1) is 25.1. The molecule has 4 rings (SSSR count). The van der Waals surface area contributed by atoms with Gasteiger partial charge >= 0.3 is 0 Å². The minimum Gasteiger partial charge on any atom is -0.507 e. The highest BCUT2D eigenvalue weighted by molar-refractivity contribution is 6.46. The molecule has 1 unspecified atom stereocenters. The fourth-order valence-electron chi connectivity index (χ4n) is 4.26. The zero-order chi connectivity index (χ0) is 25.7. The normalized spacial score (nSPS) is 17.0. The number of carbonyl (C=O) groups excluding carboxylic acids is 2. The molecule has 1 saturated heterocycles. The third kappa shape index (κ3) is 5.30. The van der Waals surface area contributed by atoms with E-state index in [4.69, 9.17) is 4.74 Å². The third-order valence-corrected chi connectivity index (χ3v) is 6.30. The number of benzene rings is 2. The summed E-state index contributed by atoms with van der Waals surface area (Å²) >= 11 is 0. The number of ether oxygens (including phenoxy) is 1. The fraction of sp³-hybridized carbons (Fsp3) is 0.276. The molecule has 36 heavy (non-hydrogen) atoms. The van der Waals surface area contributed by atoms with Crippen molar-refractivity contribution in [1.29, 1.82) is 0 Å². The lowest BCUT2D eigenvalue weighted by molar-refractivity contribution is -0.140. The Morgan fingerprint density at radius 3 is 2.44 bits per heavy atom. The number of ketones is 1.